The van der Waals surface area contributed by atoms with Crippen LogP contribution in [0.15, 0.2) is 59.1 Å². The predicted octanol–water partition coefficient (Wildman–Crippen LogP) is 4.24. The largest absolute Gasteiger partial charge is 0.493 e. The smallest absolute Gasteiger partial charge is 0.174 e. The first-order valence-electron chi connectivity index (χ1n) is 7.05. The summed E-state index contributed by atoms with van der Waals surface area (Å²) in [5.74, 6) is 2.04. The Labute approximate surface area is 129 Å². The molecule has 1 heterocycles. The second kappa shape index (κ2) is 6.35. The van der Waals surface area contributed by atoms with Crippen molar-refractivity contribution >= 4 is 0 Å². The van der Waals surface area contributed by atoms with Crippen LogP contribution in [0.5, 0.6) is 11.5 Å². The van der Waals surface area contributed by atoms with Crippen LogP contribution in [0.1, 0.15) is 11.3 Å². The summed E-state index contributed by atoms with van der Waals surface area (Å²) >= 11 is 0. The number of para-hydroxylation sites is 2. The molecule has 0 atom stereocenters. The van der Waals surface area contributed by atoms with Gasteiger partial charge in [-0.05, 0) is 19.1 Å². The van der Waals surface area contributed by atoms with Crippen LogP contribution in [0.3, 0.4) is 0 Å². The molecule has 0 aliphatic rings. The molecule has 112 valence electrons. The fraction of sp³-hybridized carbons (Fsp3) is 0.167. The topological polar surface area (TPSA) is 44.5 Å². The molecule has 0 spiro atoms. The molecule has 3 aromatic rings. The minimum Gasteiger partial charge on any atom is -0.493 e. The fourth-order valence-corrected chi connectivity index (χ4v) is 2.13. The van der Waals surface area contributed by atoms with Crippen molar-refractivity contribution in [2.45, 2.75) is 13.5 Å². The van der Waals surface area contributed by atoms with E-state index in [0.29, 0.717) is 23.9 Å². The maximum Gasteiger partial charge on any atom is 0.174 e. The molecule has 22 heavy (non-hydrogen) atoms. The molecule has 0 radical (unpaired) electrons. The number of nitrogens with zero attached hydrogens (tertiary/aromatic N) is 1. The van der Waals surface area contributed by atoms with Gasteiger partial charge in [0.2, 0.25) is 0 Å². The third kappa shape index (κ3) is 3.11. The molecule has 4 nitrogen and oxygen atoms in total. The highest BCUT2D eigenvalue weighted by Gasteiger charge is 2.09. The molecular weight excluding hydrogens is 278 g/mol. The second-order valence-electron chi connectivity index (χ2n) is 4.98. The van der Waals surface area contributed by atoms with Gasteiger partial charge in [-0.2, -0.15) is 0 Å². The van der Waals surface area contributed by atoms with Gasteiger partial charge >= 0.3 is 0 Å². The third-order valence-corrected chi connectivity index (χ3v) is 3.35. The highest BCUT2D eigenvalue weighted by molar-refractivity contribution is 5.59. The Kier molecular flexibility index (Phi) is 4.10. The number of aryl methyl sites for hydroxylation is 1. The highest BCUT2D eigenvalue weighted by Crippen LogP contribution is 2.27. The number of hydrogen-bond donors (Lipinski definition) is 0. The summed E-state index contributed by atoms with van der Waals surface area (Å²) in [6.45, 7) is 2.36. The molecule has 0 N–H and O–H groups in total. The van der Waals surface area contributed by atoms with E-state index in [0.717, 1.165) is 11.3 Å². The summed E-state index contributed by atoms with van der Waals surface area (Å²) in [5.41, 5.74) is 3.04. The summed E-state index contributed by atoms with van der Waals surface area (Å²) in [6.07, 6.45) is 0. The van der Waals surface area contributed by atoms with E-state index in [4.69, 9.17) is 14.0 Å². The van der Waals surface area contributed by atoms with Crippen LogP contribution < -0.4 is 9.47 Å². The van der Waals surface area contributed by atoms with Gasteiger partial charge in [0.15, 0.2) is 17.3 Å². The first-order valence-corrected chi connectivity index (χ1v) is 7.05. The zero-order chi connectivity index (χ0) is 15.4. The van der Waals surface area contributed by atoms with Crippen LogP contribution in [0, 0.1) is 6.92 Å². The Hall–Kier alpha value is -2.75. The third-order valence-electron chi connectivity index (χ3n) is 3.35. The molecule has 0 saturated carbocycles. The van der Waals surface area contributed by atoms with Gasteiger partial charge in [-0.15, -0.1) is 0 Å². The minimum absolute atomic E-state index is 0.305. The van der Waals surface area contributed by atoms with Gasteiger partial charge in [0, 0.05) is 11.6 Å². The van der Waals surface area contributed by atoms with E-state index in [-0.39, 0.29) is 0 Å². The SMILES string of the molecule is COc1ccccc1OCc1cc(-c2ccc(C)cc2)no1. The summed E-state index contributed by atoms with van der Waals surface area (Å²) in [5, 5.41) is 4.08. The molecule has 1 aromatic heterocycles. The number of hydrogen-bond acceptors (Lipinski definition) is 4. The molecular formula is C18H17NO3. The monoisotopic (exact) mass is 295 g/mol. The Morgan fingerprint density at radius 2 is 1.73 bits per heavy atom. The van der Waals surface area contributed by atoms with Crippen molar-refractivity contribution in [2.75, 3.05) is 7.11 Å². The molecule has 2 aromatic carbocycles. The van der Waals surface area contributed by atoms with Gasteiger partial charge < -0.3 is 14.0 Å². The molecule has 0 aliphatic heterocycles. The zero-order valence-corrected chi connectivity index (χ0v) is 12.6. The van der Waals surface area contributed by atoms with Crippen molar-refractivity contribution in [2.24, 2.45) is 0 Å². The van der Waals surface area contributed by atoms with Crippen molar-refractivity contribution in [3.63, 3.8) is 0 Å². The molecule has 0 unspecified atom stereocenters. The minimum atomic E-state index is 0.305. The Morgan fingerprint density at radius 3 is 2.45 bits per heavy atom. The number of ether oxygens (including phenoxy) is 2. The van der Waals surface area contributed by atoms with Crippen LogP contribution >= 0.6 is 0 Å². The molecule has 4 heteroatoms. The normalized spacial score (nSPS) is 10.5. The Bertz CT molecular complexity index is 747. The molecule has 3 rings (SSSR count). The van der Waals surface area contributed by atoms with Crippen LogP contribution in [0.25, 0.3) is 11.3 Å². The highest BCUT2D eigenvalue weighted by atomic mass is 16.5. The van der Waals surface area contributed by atoms with Gasteiger partial charge in [0.1, 0.15) is 12.3 Å². The molecule has 0 fully saturated rings. The van der Waals surface area contributed by atoms with Crippen LogP contribution in [0.2, 0.25) is 0 Å². The standard InChI is InChI=1S/C18H17NO3/c1-13-7-9-14(10-8-13)16-11-15(22-19-16)12-21-18-6-4-3-5-17(18)20-2/h3-11H,12H2,1-2H3. The van der Waals surface area contributed by atoms with E-state index in [9.17, 15) is 0 Å². The number of rotatable bonds is 5. The lowest BCUT2D eigenvalue weighted by molar-refractivity contribution is 0.239. The maximum atomic E-state index is 5.72. The lowest BCUT2D eigenvalue weighted by Gasteiger charge is -2.08. The summed E-state index contributed by atoms with van der Waals surface area (Å²) in [7, 11) is 1.62. The number of benzene rings is 2. The maximum absolute atomic E-state index is 5.72. The van der Waals surface area contributed by atoms with Crippen LogP contribution in [0.4, 0.5) is 0 Å². The zero-order valence-electron chi connectivity index (χ0n) is 12.6. The molecule has 0 aliphatic carbocycles. The van der Waals surface area contributed by atoms with Gasteiger partial charge in [0.25, 0.3) is 0 Å². The molecule has 0 amide bonds. The van der Waals surface area contributed by atoms with E-state index in [1.807, 2.05) is 42.5 Å². The number of aromatic nitrogens is 1. The Morgan fingerprint density at radius 1 is 1.00 bits per heavy atom. The number of methoxy groups -OCH3 is 1. The van der Waals surface area contributed by atoms with Gasteiger partial charge in [-0.3, -0.25) is 0 Å². The van der Waals surface area contributed by atoms with Crippen molar-refractivity contribution in [3.8, 4) is 22.8 Å². The lowest BCUT2D eigenvalue weighted by Crippen LogP contribution is -1.96. The Balaban J connectivity index is 1.71. The van der Waals surface area contributed by atoms with E-state index in [1.165, 1.54) is 5.56 Å². The van der Waals surface area contributed by atoms with Crippen molar-refractivity contribution in [3.05, 3.63) is 65.9 Å². The summed E-state index contributed by atoms with van der Waals surface area (Å²) in [4.78, 5) is 0. The van der Waals surface area contributed by atoms with E-state index in [2.05, 4.69) is 24.2 Å². The quantitative estimate of drug-likeness (QED) is 0.706. The van der Waals surface area contributed by atoms with E-state index < -0.39 is 0 Å². The predicted molar refractivity (Wildman–Crippen MR) is 84.0 cm³/mol. The van der Waals surface area contributed by atoms with Gasteiger partial charge in [-0.25, -0.2) is 0 Å². The van der Waals surface area contributed by atoms with E-state index >= 15 is 0 Å². The van der Waals surface area contributed by atoms with Crippen LogP contribution in [-0.2, 0) is 6.61 Å². The van der Waals surface area contributed by atoms with Crippen molar-refractivity contribution in [1.29, 1.82) is 0 Å². The van der Waals surface area contributed by atoms with Gasteiger partial charge in [0.05, 0.1) is 7.11 Å². The van der Waals surface area contributed by atoms with Crippen molar-refractivity contribution in [1.82, 2.24) is 5.16 Å². The fourth-order valence-electron chi connectivity index (χ4n) is 2.13. The van der Waals surface area contributed by atoms with Crippen molar-refractivity contribution < 1.29 is 14.0 Å². The first kappa shape index (κ1) is 14.2. The average molecular weight is 295 g/mol. The van der Waals surface area contributed by atoms with Crippen LogP contribution in [-0.4, -0.2) is 12.3 Å². The summed E-state index contributed by atoms with van der Waals surface area (Å²) in [6, 6.07) is 17.6. The molecule has 0 bridgehead atoms. The lowest BCUT2D eigenvalue weighted by atomic mass is 10.1. The second-order valence-corrected chi connectivity index (χ2v) is 4.98. The van der Waals surface area contributed by atoms with E-state index in [1.54, 1.807) is 7.11 Å². The average Bonchev–Trinajstić information content (AvgIpc) is 3.03. The van der Waals surface area contributed by atoms with Gasteiger partial charge in [-0.1, -0.05) is 47.1 Å². The summed E-state index contributed by atoms with van der Waals surface area (Å²) < 4.78 is 16.3. The first-order chi connectivity index (χ1) is 10.8. The molecule has 0 saturated heterocycles.